The van der Waals surface area contributed by atoms with Crippen molar-refractivity contribution in [3.8, 4) is 0 Å². The van der Waals surface area contributed by atoms with Gasteiger partial charge < -0.3 is 15.7 Å². The first-order chi connectivity index (χ1) is 9.24. The predicted molar refractivity (Wildman–Crippen MR) is 77.7 cm³/mol. The van der Waals surface area contributed by atoms with E-state index in [2.05, 4.69) is 15.6 Å². The number of thiazole rings is 1. The maximum absolute atomic E-state index is 11.7. The summed E-state index contributed by atoms with van der Waals surface area (Å²) in [6, 6.07) is -1.44. The highest BCUT2D eigenvalue weighted by Gasteiger charge is 2.32. The van der Waals surface area contributed by atoms with E-state index in [4.69, 9.17) is 5.11 Å². The van der Waals surface area contributed by atoms with E-state index in [0.29, 0.717) is 6.54 Å². The molecule has 0 saturated heterocycles. The molecule has 0 radical (unpaired) electrons. The molecule has 1 heterocycles. The number of amides is 2. The Balaban J connectivity index is 2.52. The van der Waals surface area contributed by atoms with Gasteiger partial charge in [0.15, 0.2) is 0 Å². The van der Waals surface area contributed by atoms with Gasteiger partial charge in [0.1, 0.15) is 11.0 Å². The molecule has 3 N–H and O–H groups in total. The lowest BCUT2D eigenvalue weighted by atomic mass is 9.87. The van der Waals surface area contributed by atoms with E-state index in [1.807, 2.05) is 6.92 Å². The molecule has 0 spiro atoms. The van der Waals surface area contributed by atoms with Crippen LogP contribution in [0, 0.1) is 5.41 Å². The van der Waals surface area contributed by atoms with Crippen molar-refractivity contribution in [1.82, 2.24) is 15.6 Å². The third kappa shape index (κ3) is 4.80. The molecule has 2 amide bonds. The smallest absolute Gasteiger partial charge is 0.326 e. The molecule has 0 aliphatic carbocycles. The Morgan fingerprint density at radius 2 is 2.10 bits per heavy atom. The van der Waals surface area contributed by atoms with Crippen molar-refractivity contribution in [3.05, 3.63) is 16.1 Å². The fraction of sp³-hybridized carbons (Fsp3) is 0.615. The Hall–Kier alpha value is -1.63. The Morgan fingerprint density at radius 1 is 1.45 bits per heavy atom. The molecule has 1 rings (SSSR count). The van der Waals surface area contributed by atoms with Crippen LogP contribution in [0.1, 0.15) is 37.6 Å². The normalized spacial score (nSPS) is 12.8. The first-order valence-corrected chi connectivity index (χ1v) is 7.26. The molecule has 0 aromatic carbocycles. The molecule has 7 heteroatoms. The molecule has 6 nitrogen and oxygen atoms in total. The van der Waals surface area contributed by atoms with Gasteiger partial charge in [-0.05, 0) is 11.8 Å². The SMILES string of the molecule is CCc1cnc(CNC(=O)NC(C(=O)O)C(C)(C)C)s1. The molecule has 1 aromatic rings. The highest BCUT2D eigenvalue weighted by molar-refractivity contribution is 7.11. The highest BCUT2D eigenvalue weighted by atomic mass is 32.1. The number of nitrogens with zero attached hydrogens (tertiary/aromatic N) is 1. The summed E-state index contributed by atoms with van der Waals surface area (Å²) < 4.78 is 0. The van der Waals surface area contributed by atoms with Gasteiger partial charge in [-0.25, -0.2) is 14.6 Å². The molecule has 0 aliphatic rings. The van der Waals surface area contributed by atoms with E-state index in [0.717, 1.165) is 16.3 Å². The maximum Gasteiger partial charge on any atom is 0.326 e. The number of carbonyl (C=O) groups is 2. The van der Waals surface area contributed by atoms with Crippen LogP contribution in [0.25, 0.3) is 0 Å². The minimum Gasteiger partial charge on any atom is -0.480 e. The van der Waals surface area contributed by atoms with E-state index in [-0.39, 0.29) is 0 Å². The second-order valence-corrected chi connectivity index (χ2v) is 6.74. The van der Waals surface area contributed by atoms with Crippen LogP contribution in [-0.4, -0.2) is 28.1 Å². The first kappa shape index (κ1) is 16.4. The number of carbonyl (C=O) groups excluding carboxylic acids is 1. The number of nitrogens with one attached hydrogen (secondary N) is 2. The third-order valence-corrected chi connectivity index (χ3v) is 3.88. The number of carboxylic acids is 1. The van der Waals surface area contributed by atoms with Crippen LogP contribution in [0.4, 0.5) is 4.79 Å². The molecule has 0 fully saturated rings. The zero-order valence-electron chi connectivity index (χ0n) is 12.2. The van der Waals surface area contributed by atoms with Crippen LogP contribution in [0.2, 0.25) is 0 Å². The fourth-order valence-electron chi connectivity index (χ4n) is 1.58. The van der Waals surface area contributed by atoms with Gasteiger partial charge in [-0.15, -0.1) is 11.3 Å². The summed E-state index contributed by atoms with van der Waals surface area (Å²) >= 11 is 1.54. The van der Waals surface area contributed by atoms with Crippen LogP contribution >= 0.6 is 11.3 Å². The van der Waals surface area contributed by atoms with Crippen molar-refractivity contribution in [3.63, 3.8) is 0 Å². The molecule has 0 bridgehead atoms. The van der Waals surface area contributed by atoms with E-state index >= 15 is 0 Å². The summed E-state index contributed by atoms with van der Waals surface area (Å²) in [6.45, 7) is 7.63. The van der Waals surface area contributed by atoms with Gasteiger partial charge in [-0.1, -0.05) is 27.7 Å². The summed E-state index contributed by atoms with van der Waals surface area (Å²) in [7, 11) is 0. The third-order valence-electron chi connectivity index (χ3n) is 2.74. The van der Waals surface area contributed by atoms with Crippen LogP contribution in [-0.2, 0) is 17.8 Å². The largest absolute Gasteiger partial charge is 0.480 e. The summed E-state index contributed by atoms with van der Waals surface area (Å²) in [5.74, 6) is -1.05. The number of urea groups is 1. The fourth-order valence-corrected chi connectivity index (χ4v) is 2.38. The van der Waals surface area contributed by atoms with Crippen LogP contribution in [0.3, 0.4) is 0 Å². The van der Waals surface area contributed by atoms with Crippen LogP contribution < -0.4 is 10.6 Å². The van der Waals surface area contributed by atoms with Gasteiger partial charge in [0, 0.05) is 11.1 Å². The number of hydrogen-bond donors (Lipinski definition) is 3. The molecule has 1 atom stereocenters. The van der Waals surface area contributed by atoms with Crippen molar-refractivity contribution in [2.75, 3.05) is 0 Å². The number of carboxylic acid groups (broad SMARTS) is 1. The Labute approximate surface area is 122 Å². The second-order valence-electron chi connectivity index (χ2n) is 5.54. The minimum absolute atomic E-state index is 0.299. The number of rotatable bonds is 5. The zero-order valence-corrected chi connectivity index (χ0v) is 13.0. The van der Waals surface area contributed by atoms with Crippen molar-refractivity contribution in [2.24, 2.45) is 5.41 Å². The second kappa shape index (κ2) is 6.69. The predicted octanol–water partition coefficient (Wildman–Crippen LogP) is 2.00. The van der Waals surface area contributed by atoms with E-state index < -0.39 is 23.5 Å². The van der Waals surface area contributed by atoms with Crippen molar-refractivity contribution in [1.29, 1.82) is 0 Å². The summed E-state index contributed by atoms with van der Waals surface area (Å²) in [5.41, 5.74) is -0.556. The average molecular weight is 299 g/mol. The Morgan fingerprint density at radius 3 is 2.55 bits per heavy atom. The molecular formula is C13H21N3O3S. The monoisotopic (exact) mass is 299 g/mol. The number of aromatic nitrogens is 1. The first-order valence-electron chi connectivity index (χ1n) is 6.44. The molecule has 1 aromatic heterocycles. The van der Waals surface area contributed by atoms with Crippen molar-refractivity contribution >= 4 is 23.3 Å². The summed E-state index contributed by atoms with van der Waals surface area (Å²) in [4.78, 5) is 28.2. The minimum atomic E-state index is -1.05. The molecule has 0 saturated carbocycles. The molecular weight excluding hydrogens is 278 g/mol. The van der Waals surface area contributed by atoms with Gasteiger partial charge in [-0.2, -0.15) is 0 Å². The van der Waals surface area contributed by atoms with Gasteiger partial charge in [0.05, 0.1) is 6.54 Å². The molecule has 0 aliphatic heterocycles. The van der Waals surface area contributed by atoms with Gasteiger partial charge in [-0.3, -0.25) is 0 Å². The highest BCUT2D eigenvalue weighted by Crippen LogP contribution is 2.19. The molecule has 112 valence electrons. The summed E-state index contributed by atoms with van der Waals surface area (Å²) in [6.07, 6.45) is 2.70. The zero-order chi connectivity index (χ0) is 15.3. The van der Waals surface area contributed by atoms with Crippen molar-refractivity contribution < 1.29 is 14.7 Å². The number of aryl methyl sites for hydroxylation is 1. The quantitative estimate of drug-likeness (QED) is 0.775. The lowest BCUT2D eigenvalue weighted by molar-refractivity contribution is -0.141. The number of hydrogen-bond acceptors (Lipinski definition) is 4. The topological polar surface area (TPSA) is 91.3 Å². The Bertz CT molecular complexity index is 479. The van der Waals surface area contributed by atoms with E-state index in [1.54, 1.807) is 27.0 Å². The van der Waals surface area contributed by atoms with Gasteiger partial charge in [0.25, 0.3) is 0 Å². The summed E-state index contributed by atoms with van der Waals surface area (Å²) in [5, 5.41) is 15.0. The Kier molecular flexibility index (Phi) is 5.50. The van der Waals surface area contributed by atoms with E-state index in [1.165, 1.54) is 11.3 Å². The lowest BCUT2D eigenvalue weighted by Gasteiger charge is -2.27. The van der Waals surface area contributed by atoms with Crippen molar-refractivity contribution in [2.45, 2.75) is 46.7 Å². The van der Waals surface area contributed by atoms with Gasteiger partial charge >= 0.3 is 12.0 Å². The maximum atomic E-state index is 11.7. The van der Waals surface area contributed by atoms with Gasteiger partial charge in [0.2, 0.25) is 0 Å². The van der Waals surface area contributed by atoms with Crippen LogP contribution in [0.15, 0.2) is 6.20 Å². The van der Waals surface area contributed by atoms with E-state index in [9.17, 15) is 9.59 Å². The average Bonchev–Trinajstić information content (AvgIpc) is 2.79. The molecule has 20 heavy (non-hydrogen) atoms. The number of aliphatic carboxylic acids is 1. The molecule has 1 unspecified atom stereocenters. The standard InChI is InChI=1S/C13H21N3O3S/c1-5-8-6-14-9(20-8)7-15-12(19)16-10(11(17)18)13(2,3)4/h6,10H,5,7H2,1-4H3,(H,17,18)(H2,15,16,19). The lowest BCUT2D eigenvalue weighted by Crippen LogP contribution is -2.52. The van der Waals surface area contributed by atoms with Crippen LogP contribution in [0.5, 0.6) is 0 Å².